The Bertz CT molecular complexity index is 931. The van der Waals surface area contributed by atoms with Crippen molar-refractivity contribution < 1.29 is 0 Å². The van der Waals surface area contributed by atoms with Crippen LogP contribution in [0.2, 0.25) is 0 Å². The molecule has 0 atom stereocenters. The van der Waals surface area contributed by atoms with Gasteiger partial charge in [0.2, 0.25) is 0 Å². The van der Waals surface area contributed by atoms with E-state index < -0.39 is 0 Å². The summed E-state index contributed by atoms with van der Waals surface area (Å²) in [6.45, 7) is 0. The number of benzene rings is 3. The fourth-order valence-corrected chi connectivity index (χ4v) is 2.89. The second kappa shape index (κ2) is 5.39. The highest BCUT2D eigenvalue weighted by Crippen LogP contribution is 2.31. The highest BCUT2D eigenvalue weighted by molar-refractivity contribution is 9.10. The van der Waals surface area contributed by atoms with Crippen LogP contribution in [0.5, 0.6) is 0 Å². The Morgan fingerprint density at radius 2 is 1.32 bits per heavy atom. The van der Waals surface area contributed by atoms with Crippen LogP contribution < -0.4 is 0 Å². The summed E-state index contributed by atoms with van der Waals surface area (Å²) in [6, 6.07) is 24.3. The number of rotatable bonds is 2. The number of nitrogens with zero attached hydrogens (tertiary/aromatic N) is 3. The smallest absolute Gasteiger partial charge is 0.128 e. The molecule has 4 rings (SSSR count). The number of hydrogen-bond donors (Lipinski definition) is 0. The van der Waals surface area contributed by atoms with Gasteiger partial charge in [0.15, 0.2) is 0 Å². The van der Waals surface area contributed by atoms with Crippen molar-refractivity contribution in [3.05, 3.63) is 77.3 Å². The summed E-state index contributed by atoms with van der Waals surface area (Å²) in [5, 5.41) is 9.32. The molecule has 3 aromatic carbocycles. The molecular formula is C18H12BrN3. The first kappa shape index (κ1) is 13.2. The average Bonchev–Trinajstić information content (AvgIpc) is 3.03. The molecule has 0 aliphatic rings. The van der Waals surface area contributed by atoms with Gasteiger partial charge in [0.25, 0.3) is 0 Å². The van der Waals surface area contributed by atoms with Crippen molar-refractivity contribution in [1.82, 2.24) is 15.0 Å². The zero-order valence-corrected chi connectivity index (χ0v) is 13.2. The number of halogens is 1. The molecule has 3 nitrogen and oxygen atoms in total. The highest BCUT2D eigenvalue weighted by atomic mass is 79.9. The van der Waals surface area contributed by atoms with Crippen LogP contribution in [0, 0.1) is 0 Å². The Kier molecular flexibility index (Phi) is 3.24. The van der Waals surface area contributed by atoms with Crippen molar-refractivity contribution in [3.63, 3.8) is 0 Å². The number of hydrogen-bond acceptors (Lipinski definition) is 2. The van der Waals surface area contributed by atoms with E-state index in [2.05, 4.69) is 39.2 Å². The van der Waals surface area contributed by atoms with Gasteiger partial charge in [-0.1, -0.05) is 54.6 Å². The molecule has 22 heavy (non-hydrogen) atoms. The molecule has 1 heterocycles. The average molecular weight is 350 g/mol. The summed E-state index contributed by atoms with van der Waals surface area (Å²) in [6.07, 6.45) is 0. The van der Waals surface area contributed by atoms with Crippen molar-refractivity contribution in [2.45, 2.75) is 0 Å². The van der Waals surface area contributed by atoms with Crippen molar-refractivity contribution in [1.29, 1.82) is 0 Å². The van der Waals surface area contributed by atoms with Crippen LogP contribution in [0.15, 0.2) is 77.3 Å². The molecule has 4 aromatic rings. The molecule has 0 N–H and O–H groups in total. The topological polar surface area (TPSA) is 30.7 Å². The minimum absolute atomic E-state index is 0.866. The predicted molar refractivity (Wildman–Crippen MR) is 92.0 cm³/mol. The molecular weight excluding hydrogens is 338 g/mol. The van der Waals surface area contributed by atoms with E-state index in [1.54, 1.807) is 4.80 Å². The predicted octanol–water partition coefficient (Wildman–Crippen LogP) is 4.85. The SMILES string of the molecule is Brc1ccc(-c2ccccc2)c2nn(-c3ccccc3)nc12. The molecule has 4 heteroatoms. The van der Waals surface area contributed by atoms with Crippen LogP contribution in [0.4, 0.5) is 0 Å². The Morgan fingerprint density at radius 1 is 0.682 bits per heavy atom. The molecule has 1 aromatic heterocycles. The first-order chi connectivity index (χ1) is 10.8. The van der Waals surface area contributed by atoms with Gasteiger partial charge in [0.05, 0.1) is 5.69 Å². The molecule has 0 saturated heterocycles. The Hall–Kier alpha value is -2.46. The zero-order chi connectivity index (χ0) is 14.9. The lowest BCUT2D eigenvalue weighted by atomic mass is 10.0. The lowest BCUT2D eigenvalue weighted by Gasteiger charge is -2.02. The molecule has 0 fully saturated rings. The molecule has 106 valence electrons. The van der Waals surface area contributed by atoms with Gasteiger partial charge in [-0.3, -0.25) is 0 Å². The normalized spacial score (nSPS) is 11.0. The quantitative estimate of drug-likeness (QED) is 0.517. The molecule has 0 bridgehead atoms. The number of para-hydroxylation sites is 1. The van der Waals surface area contributed by atoms with Crippen LogP contribution in [-0.4, -0.2) is 15.0 Å². The first-order valence-electron chi connectivity index (χ1n) is 6.99. The monoisotopic (exact) mass is 349 g/mol. The third-order valence-electron chi connectivity index (χ3n) is 3.56. The van der Waals surface area contributed by atoms with Gasteiger partial charge in [0.1, 0.15) is 11.0 Å². The summed E-state index contributed by atoms with van der Waals surface area (Å²) in [5.41, 5.74) is 4.93. The van der Waals surface area contributed by atoms with E-state index in [9.17, 15) is 0 Å². The Morgan fingerprint density at radius 3 is 2.05 bits per heavy atom. The van der Waals surface area contributed by atoms with E-state index in [4.69, 9.17) is 5.10 Å². The summed E-state index contributed by atoms with van der Waals surface area (Å²) in [5.74, 6) is 0. The summed E-state index contributed by atoms with van der Waals surface area (Å²) in [4.78, 5) is 1.68. The zero-order valence-electron chi connectivity index (χ0n) is 11.6. The van der Waals surface area contributed by atoms with Crippen LogP contribution in [-0.2, 0) is 0 Å². The Balaban J connectivity index is 1.97. The number of fused-ring (bicyclic) bond motifs is 1. The maximum absolute atomic E-state index is 4.70. The lowest BCUT2D eigenvalue weighted by Crippen LogP contribution is -1.97. The molecule has 0 saturated carbocycles. The lowest BCUT2D eigenvalue weighted by molar-refractivity contribution is 0.765. The minimum Gasteiger partial charge on any atom is -0.150 e. The highest BCUT2D eigenvalue weighted by Gasteiger charge is 2.13. The van der Waals surface area contributed by atoms with E-state index in [1.807, 2.05) is 54.6 Å². The van der Waals surface area contributed by atoms with Crippen molar-refractivity contribution in [2.75, 3.05) is 0 Å². The second-order valence-electron chi connectivity index (χ2n) is 4.98. The first-order valence-corrected chi connectivity index (χ1v) is 7.78. The van der Waals surface area contributed by atoms with E-state index >= 15 is 0 Å². The molecule has 0 amide bonds. The minimum atomic E-state index is 0.866. The van der Waals surface area contributed by atoms with Crippen molar-refractivity contribution in [3.8, 4) is 16.8 Å². The molecule has 0 aliphatic carbocycles. The van der Waals surface area contributed by atoms with Gasteiger partial charge >= 0.3 is 0 Å². The van der Waals surface area contributed by atoms with E-state index in [0.29, 0.717) is 0 Å². The van der Waals surface area contributed by atoms with Gasteiger partial charge in [-0.2, -0.15) is 4.80 Å². The maximum Gasteiger partial charge on any atom is 0.128 e. The summed E-state index contributed by atoms with van der Waals surface area (Å²) in [7, 11) is 0. The molecule has 0 unspecified atom stereocenters. The summed E-state index contributed by atoms with van der Waals surface area (Å²) < 4.78 is 0.948. The molecule has 0 spiro atoms. The van der Waals surface area contributed by atoms with E-state index in [-0.39, 0.29) is 0 Å². The third-order valence-corrected chi connectivity index (χ3v) is 4.20. The van der Waals surface area contributed by atoms with Crippen molar-refractivity contribution in [2.24, 2.45) is 0 Å². The second-order valence-corrected chi connectivity index (χ2v) is 5.84. The van der Waals surface area contributed by atoms with Crippen LogP contribution >= 0.6 is 15.9 Å². The van der Waals surface area contributed by atoms with Gasteiger partial charge in [0, 0.05) is 10.0 Å². The van der Waals surface area contributed by atoms with E-state index in [0.717, 1.165) is 32.3 Å². The van der Waals surface area contributed by atoms with Crippen LogP contribution in [0.3, 0.4) is 0 Å². The Labute approximate surface area is 136 Å². The van der Waals surface area contributed by atoms with Crippen LogP contribution in [0.25, 0.3) is 27.8 Å². The van der Waals surface area contributed by atoms with Crippen molar-refractivity contribution >= 4 is 27.0 Å². The molecule has 0 aliphatic heterocycles. The number of aromatic nitrogens is 3. The fraction of sp³-hybridized carbons (Fsp3) is 0. The molecule has 0 radical (unpaired) electrons. The largest absolute Gasteiger partial charge is 0.150 e. The van der Waals surface area contributed by atoms with Crippen LogP contribution in [0.1, 0.15) is 0 Å². The third kappa shape index (κ3) is 2.22. The van der Waals surface area contributed by atoms with Gasteiger partial charge in [-0.15, -0.1) is 10.2 Å². The van der Waals surface area contributed by atoms with Gasteiger partial charge < -0.3 is 0 Å². The van der Waals surface area contributed by atoms with E-state index in [1.165, 1.54) is 0 Å². The van der Waals surface area contributed by atoms with Gasteiger partial charge in [-0.05, 0) is 39.7 Å². The van der Waals surface area contributed by atoms with Gasteiger partial charge in [-0.25, -0.2) is 0 Å². The standard InChI is InChI=1S/C18H12BrN3/c19-16-12-11-15(13-7-3-1-4-8-13)17-18(16)21-22(20-17)14-9-5-2-6-10-14/h1-12H. The fourth-order valence-electron chi connectivity index (χ4n) is 2.49. The summed E-state index contributed by atoms with van der Waals surface area (Å²) >= 11 is 3.57. The maximum atomic E-state index is 4.70.